The highest BCUT2D eigenvalue weighted by molar-refractivity contribution is 5.88. The van der Waals surface area contributed by atoms with Gasteiger partial charge in [-0.25, -0.2) is 4.79 Å². The highest BCUT2D eigenvalue weighted by atomic mass is 16.5. The summed E-state index contributed by atoms with van der Waals surface area (Å²) in [5, 5.41) is 9.16. The number of nitrogens with one attached hydrogen (secondary N) is 2. The summed E-state index contributed by atoms with van der Waals surface area (Å²) in [6, 6.07) is 6.53. The monoisotopic (exact) mass is 349 g/mol. The van der Waals surface area contributed by atoms with Gasteiger partial charge in [0.15, 0.2) is 17.3 Å². The highest BCUT2D eigenvalue weighted by Crippen LogP contribution is 2.30. The smallest absolute Gasteiger partial charge is 0.320 e. The number of nitrogens with zero attached hydrogens (tertiary/aromatic N) is 1. The molecule has 0 radical (unpaired) electrons. The molecular weight excluding hydrogens is 326 g/mol. The molecule has 0 fully saturated rings. The van der Waals surface area contributed by atoms with E-state index in [1.165, 1.54) is 0 Å². The fraction of sp³-hybridized carbons (Fsp3) is 0.412. The minimum absolute atomic E-state index is 0.241. The van der Waals surface area contributed by atoms with Gasteiger partial charge in [0.2, 0.25) is 0 Å². The van der Waals surface area contributed by atoms with Gasteiger partial charge in [-0.15, -0.1) is 0 Å². The molecule has 0 unspecified atom stereocenters. The van der Waals surface area contributed by atoms with E-state index in [1.54, 1.807) is 33.3 Å². The zero-order valence-electron chi connectivity index (χ0n) is 14.8. The van der Waals surface area contributed by atoms with Crippen LogP contribution in [0.4, 0.5) is 10.6 Å². The summed E-state index contributed by atoms with van der Waals surface area (Å²) in [5.41, 5.74) is 0.877. The Balaban J connectivity index is 1.98. The van der Waals surface area contributed by atoms with Crippen molar-refractivity contribution in [3.05, 3.63) is 35.6 Å². The summed E-state index contributed by atoms with van der Waals surface area (Å²) in [4.78, 5) is 12.0. The van der Waals surface area contributed by atoms with Gasteiger partial charge in [0, 0.05) is 13.2 Å². The second-order valence-electron chi connectivity index (χ2n) is 5.39. The predicted octanol–water partition coefficient (Wildman–Crippen LogP) is 2.90. The molecule has 2 N–H and O–H groups in total. The van der Waals surface area contributed by atoms with Crippen molar-refractivity contribution in [1.29, 1.82) is 0 Å². The number of hydrogen-bond donors (Lipinski definition) is 2. The molecular formula is C17H23N3O5. The molecule has 25 heavy (non-hydrogen) atoms. The topological polar surface area (TPSA) is 94.9 Å². The molecule has 0 saturated heterocycles. The van der Waals surface area contributed by atoms with E-state index in [0.717, 1.165) is 5.56 Å². The Labute approximate surface area is 146 Å². The van der Waals surface area contributed by atoms with E-state index in [1.807, 2.05) is 19.1 Å². The first-order valence-electron chi connectivity index (χ1n) is 7.84. The third-order valence-electron chi connectivity index (χ3n) is 3.45. The lowest BCUT2D eigenvalue weighted by atomic mass is 10.1. The van der Waals surface area contributed by atoms with Crippen molar-refractivity contribution in [2.75, 3.05) is 32.8 Å². The van der Waals surface area contributed by atoms with Gasteiger partial charge in [-0.2, -0.15) is 0 Å². The van der Waals surface area contributed by atoms with Crippen LogP contribution in [0.3, 0.4) is 0 Å². The molecule has 0 aliphatic carbocycles. The number of methoxy groups -OCH3 is 2. The lowest BCUT2D eigenvalue weighted by molar-refractivity contribution is 0.144. The average molecular weight is 349 g/mol. The van der Waals surface area contributed by atoms with Crippen molar-refractivity contribution in [2.24, 2.45) is 0 Å². The molecule has 8 heteroatoms. The summed E-state index contributed by atoms with van der Waals surface area (Å²) in [6.45, 7) is 4.54. The van der Waals surface area contributed by atoms with Crippen molar-refractivity contribution >= 4 is 11.8 Å². The summed E-state index contributed by atoms with van der Waals surface area (Å²) in [7, 11) is 3.18. The minimum Gasteiger partial charge on any atom is -0.493 e. The Morgan fingerprint density at radius 1 is 1.24 bits per heavy atom. The predicted molar refractivity (Wildman–Crippen MR) is 92.2 cm³/mol. The van der Waals surface area contributed by atoms with E-state index in [0.29, 0.717) is 36.3 Å². The Kier molecular flexibility index (Phi) is 6.64. The standard InChI is InChI=1S/C17H23N3O5/c1-11-9-16(20-25-11)19-17(21)18-12(2)13-5-6-14(15(10-13)23-4)24-8-7-22-3/h5-6,9-10,12H,7-8H2,1-4H3,(H2,18,19,20,21)/t12-/m0/s1. The molecule has 1 atom stereocenters. The maximum atomic E-state index is 12.0. The number of anilines is 1. The van der Waals surface area contributed by atoms with Crippen LogP contribution >= 0.6 is 0 Å². The lowest BCUT2D eigenvalue weighted by Gasteiger charge is -2.17. The van der Waals surface area contributed by atoms with E-state index in [4.69, 9.17) is 18.7 Å². The number of aromatic nitrogens is 1. The molecule has 1 aromatic carbocycles. The molecule has 136 valence electrons. The van der Waals surface area contributed by atoms with Crippen molar-refractivity contribution in [2.45, 2.75) is 19.9 Å². The number of amides is 2. The van der Waals surface area contributed by atoms with Gasteiger partial charge in [-0.3, -0.25) is 5.32 Å². The molecule has 0 aliphatic rings. The largest absolute Gasteiger partial charge is 0.493 e. The normalized spacial score (nSPS) is 11.7. The number of carbonyl (C=O) groups excluding carboxylic acids is 1. The van der Waals surface area contributed by atoms with Gasteiger partial charge in [0.1, 0.15) is 12.4 Å². The molecule has 8 nitrogen and oxygen atoms in total. The molecule has 0 spiro atoms. The van der Waals surface area contributed by atoms with E-state index in [-0.39, 0.29) is 12.1 Å². The Bertz CT molecular complexity index is 701. The summed E-state index contributed by atoms with van der Waals surface area (Å²) in [6.07, 6.45) is 0. The van der Waals surface area contributed by atoms with Crippen LogP contribution in [0, 0.1) is 6.92 Å². The van der Waals surface area contributed by atoms with Crippen LogP contribution in [-0.4, -0.2) is 38.6 Å². The van der Waals surface area contributed by atoms with Gasteiger partial charge in [0.05, 0.1) is 19.8 Å². The molecule has 2 amide bonds. The number of aryl methyl sites for hydroxylation is 1. The SMILES string of the molecule is COCCOc1ccc([C@H](C)NC(=O)Nc2cc(C)on2)cc1OC. The van der Waals surface area contributed by atoms with Crippen LogP contribution in [-0.2, 0) is 4.74 Å². The zero-order valence-corrected chi connectivity index (χ0v) is 14.8. The Hall–Kier alpha value is -2.74. The van der Waals surface area contributed by atoms with Crippen molar-refractivity contribution < 1.29 is 23.5 Å². The second-order valence-corrected chi connectivity index (χ2v) is 5.39. The third kappa shape index (κ3) is 5.39. The van der Waals surface area contributed by atoms with Crippen LogP contribution in [0.5, 0.6) is 11.5 Å². The number of benzene rings is 1. The van der Waals surface area contributed by atoms with Gasteiger partial charge in [-0.05, 0) is 31.5 Å². The van der Waals surface area contributed by atoms with E-state index in [2.05, 4.69) is 15.8 Å². The minimum atomic E-state index is -0.375. The quantitative estimate of drug-likeness (QED) is 0.712. The first-order valence-corrected chi connectivity index (χ1v) is 7.84. The first-order chi connectivity index (χ1) is 12.0. The molecule has 2 rings (SSSR count). The van der Waals surface area contributed by atoms with E-state index < -0.39 is 0 Å². The van der Waals surface area contributed by atoms with Crippen LogP contribution in [0.15, 0.2) is 28.8 Å². The second kappa shape index (κ2) is 8.93. The molecule has 1 aromatic heterocycles. The van der Waals surface area contributed by atoms with Crippen molar-refractivity contribution in [3.63, 3.8) is 0 Å². The number of hydrogen-bond acceptors (Lipinski definition) is 6. The maximum absolute atomic E-state index is 12.0. The molecule has 0 bridgehead atoms. The highest BCUT2D eigenvalue weighted by Gasteiger charge is 2.14. The number of rotatable bonds is 8. The van der Waals surface area contributed by atoms with Crippen molar-refractivity contribution in [1.82, 2.24) is 10.5 Å². The summed E-state index contributed by atoms with van der Waals surface area (Å²) in [5.74, 6) is 2.20. The molecule has 0 aliphatic heterocycles. The number of urea groups is 1. The third-order valence-corrected chi connectivity index (χ3v) is 3.45. The van der Waals surface area contributed by atoms with Crippen LogP contribution in [0.2, 0.25) is 0 Å². The molecule has 0 saturated carbocycles. The summed E-state index contributed by atoms with van der Waals surface area (Å²) < 4.78 is 20.8. The molecule has 1 heterocycles. The van der Waals surface area contributed by atoms with Crippen LogP contribution in [0.25, 0.3) is 0 Å². The lowest BCUT2D eigenvalue weighted by Crippen LogP contribution is -2.31. The van der Waals surface area contributed by atoms with Crippen LogP contribution < -0.4 is 20.1 Å². The van der Waals surface area contributed by atoms with E-state index >= 15 is 0 Å². The number of carbonyl (C=O) groups is 1. The Morgan fingerprint density at radius 2 is 2.04 bits per heavy atom. The van der Waals surface area contributed by atoms with Gasteiger partial charge < -0.3 is 24.1 Å². The fourth-order valence-corrected chi connectivity index (χ4v) is 2.17. The first kappa shape index (κ1) is 18.6. The average Bonchev–Trinajstić information content (AvgIpc) is 2.99. The van der Waals surface area contributed by atoms with Crippen molar-refractivity contribution in [3.8, 4) is 11.5 Å². The molecule has 2 aromatic rings. The zero-order chi connectivity index (χ0) is 18.2. The van der Waals surface area contributed by atoms with Gasteiger partial charge >= 0.3 is 6.03 Å². The van der Waals surface area contributed by atoms with Gasteiger partial charge in [0.25, 0.3) is 0 Å². The fourth-order valence-electron chi connectivity index (χ4n) is 2.17. The van der Waals surface area contributed by atoms with Gasteiger partial charge in [-0.1, -0.05) is 11.2 Å². The summed E-state index contributed by atoms with van der Waals surface area (Å²) >= 11 is 0. The number of ether oxygens (including phenoxy) is 3. The van der Waals surface area contributed by atoms with E-state index in [9.17, 15) is 4.79 Å². The van der Waals surface area contributed by atoms with Crippen LogP contribution in [0.1, 0.15) is 24.3 Å². The maximum Gasteiger partial charge on any atom is 0.320 e. The Morgan fingerprint density at radius 3 is 2.68 bits per heavy atom.